The predicted octanol–water partition coefficient (Wildman–Crippen LogP) is 0.895. The molecular weight excluding hydrogens is 194 g/mol. The standard InChI is InChI=1S/C10H17N3O2/c1-6(5-14)11-9-7(2)10(15-4)13-8(3)12-9/h6,14H,5H2,1-4H3,(H,11,12,13)/t6-/m0/s1. The van der Waals surface area contributed by atoms with E-state index in [1.54, 1.807) is 14.0 Å². The zero-order chi connectivity index (χ0) is 11.4. The van der Waals surface area contributed by atoms with E-state index in [9.17, 15) is 0 Å². The molecule has 0 bridgehead atoms. The smallest absolute Gasteiger partial charge is 0.221 e. The Morgan fingerprint density at radius 3 is 2.60 bits per heavy atom. The Labute approximate surface area is 89.5 Å². The normalized spacial score (nSPS) is 12.3. The highest BCUT2D eigenvalue weighted by Crippen LogP contribution is 2.21. The molecule has 0 aliphatic heterocycles. The maximum absolute atomic E-state index is 8.95. The number of hydrogen-bond acceptors (Lipinski definition) is 5. The Balaban J connectivity index is 3.01. The lowest BCUT2D eigenvalue weighted by atomic mass is 10.3. The van der Waals surface area contributed by atoms with Gasteiger partial charge in [0.15, 0.2) is 0 Å². The summed E-state index contributed by atoms with van der Waals surface area (Å²) in [5, 5.41) is 12.0. The minimum absolute atomic E-state index is 0.0392. The quantitative estimate of drug-likeness (QED) is 0.774. The van der Waals surface area contributed by atoms with Crippen LogP contribution in [0.5, 0.6) is 5.88 Å². The minimum Gasteiger partial charge on any atom is -0.481 e. The van der Waals surface area contributed by atoms with E-state index in [4.69, 9.17) is 9.84 Å². The third-order valence-corrected chi connectivity index (χ3v) is 2.06. The molecule has 0 saturated heterocycles. The van der Waals surface area contributed by atoms with E-state index in [-0.39, 0.29) is 12.6 Å². The number of aliphatic hydroxyl groups excluding tert-OH is 1. The van der Waals surface area contributed by atoms with Crippen LogP contribution in [-0.4, -0.2) is 34.8 Å². The molecule has 0 spiro atoms. The average Bonchev–Trinajstić information content (AvgIpc) is 2.22. The van der Waals surface area contributed by atoms with Crippen LogP contribution in [0.1, 0.15) is 18.3 Å². The zero-order valence-corrected chi connectivity index (χ0v) is 9.53. The van der Waals surface area contributed by atoms with Crippen molar-refractivity contribution in [2.24, 2.45) is 0 Å². The number of anilines is 1. The fourth-order valence-electron chi connectivity index (χ4n) is 1.22. The van der Waals surface area contributed by atoms with E-state index in [1.165, 1.54) is 0 Å². The number of hydrogen-bond donors (Lipinski definition) is 2. The zero-order valence-electron chi connectivity index (χ0n) is 9.53. The van der Waals surface area contributed by atoms with Crippen molar-refractivity contribution in [2.75, 3.05) is 19.0 Å². The molecule has 0 aliphatic carbocycles. The molecular formula is C10H17N3O2. The van der Waals surface area contributed by atoms with Gasteiger partial charge in [-0.1, -0.05) is 0 Å². The van der Waals surface area contributed by atoms with Gasteiger partial charge in [-0.3, -0.25) is 0 Å². The van der Waals surface area contributed by atoms with E-state index in [0.29, 0.717) is 17.5 Å². The molecule has 1 atom stereocenters. The van der Waals surface area contributed by atoms with E-state index in [0.717, 1.165) is 5.56 Å². The number of nitrogens with zero attached hydrogens (tertiary/aromatic N) is 2. The number of methoxy groups -OCH3 is 1. The first-order chi connectivity index (χ1) is 7.08. The third kappa shape index (κ3) is 2.79. The molecule has 1 aromatic heterocycles. The first-order valence-electron chi connectivity index (χ1n) is 4.85. The fourth-order valence-corrected chi connectivity index (χ4v) is 1.22. The Kier molecular flexibility index (Phi) is 3.85. The topological polar surface area (TPSA) is 67.3 Å². The Morgan fingerprint density at radius 1 is 1.40 bits per heavy atom. The molecule has 84 valence electrons. The molecule has 5 nitrogen and oxygen atoms in total. The van der Waals surface area contributed by atoms with Gasteiger partial charge >= 0.3 is 0 Å². The van der Waals surface area contributed by atoms with Crippen LogP contribution in [0, 0.1) is 13.8 Å². The third-order valence-electron chi connectivity index (χ3n) is 2.06. The van der Waals surface area contributed by atoms with Crippen molar-refractivity contribution >= 4 is 5.82 Å². The van der Waals surface area contributed by atoms with Crippen molar-refractivity contribution in [3.63, 3.8) is 0 Å². The van der Waals surface area contributed by atoms with E-state index in [1.807, 2.05) is 13.8 Å². The van der Waals surface area contributed by atoms with Gasteiger partial charge in [-0.25, -0.2) is 4.98 Å². The Morgan fingerprint density at radius 2 is 2.07 bits per heavy atom. The fraction of sp³-hybridized carbons (Fsp3) is 0.600. The molecule has 1 aromatic rings. The molecule has 1 heterocycles. The van der Waals surface area contributed by atoms with Gasteiger partial charge in [-0.2, -0.15) is 4.98 Å². The summed E-state index contributed by atoms with van der Waals surface area (Å²) in [6.45, 7) is 5.62. The van der Waals surface area contributed by atoms with E-state index in [2.05, 4.69) is 15.3 Å². The number of rotatable bonds is 4. The van der Waals surface area contributed by atoms with Crippen LogP contribution in [0.15, 0.2) is 0 Å². The molecule has 15 heavy (non-hydrogen) atoms. The van der Waals surface area contributed by atoms with E-state index < -0.39 is 0 Å². The molecule has 2 N–H and O–H groups in total. The second-order valence-electron chi connectivity index (χ2n) is 3.48. The molecule has 1 rings (SSSR count). The highest BCUT2D eigenvalue weighted by molar-refractivity contribution is 5.49. The summed E-state index contributed by atoms with van der Waals surface area (Å²) in [5.74, 6) is 1.92. The summed E-state index contributed by atoms with van der Waals surface area (Å²) in [5.41, 5.74) is 0.850. The molecule has 0 amide bonds. The highest BCUT2D eigenvalue weighted by Gasteiger charge is 2.10. The van der Waals surface area contributed by atoms with Crippen molar-refractivity contribution in [1.82, 2.24) is 9.97 Å². The lowest BCUT2D eigenvalue weighted by Gasteiger charge is -2.15. The maximum atomic E-state index is 8.95. The lowest BCUT2D eigenvalue weighted by Crippen LogP contribution is -2.21. The summed E-state index contributed by atoms with van der Waals surface area (Å²) < 4.78 is 5.13. The Bertz CT molecular complexity index is 342. The summed E-state index contributed by atoms with van der Waals surface area (Å²) in [6.07, 6.45) is 0. The highest BCUT2D eigenvalue weighted by atomic mass is 16.5. The van der Waals surface area contributed by atoms with Crippen LogP contribution in [0.3, 0.4) is 0 Å². The van der Waals surface area contributed by atoms with Crippen LogP contribution < -0.4 is 10.1 Å². The number of aryl methyl sites for hydroxylation is 1. The van der Waals surface area contributed by atoms with Crippen LogP contribution in [0.2, 0.25) is 0 Å². The molecule has 0 aromatic carbocycles. The van der Waals surface area contributed by atoms with Gasteiger partial charge in [-0.05, 0) is 20.8 Å². The molecule has 0 unspecified atom stereocenters. The minimum atomic E-state index is -0.0392. The SMILES string of the molecule is COc1nc(C)nc(N[C@@H](C)CO)c1C. The van der Waals surface area contributed by atoms with Gasteiger partial charge in [0.05, 0.1) is 19.3 Å². The summed E-state index contributed by atoms with van der Waals surface area (Å²) in [6, 6.07) is -0.0392. The van der Waals surface area contributed by atoms with Gasteiger partial charge in [0.1, 0.15) is 11.6 Å². The van der Waals surface area contributed by atoms with Crippen LogP contribution >= 0.6 is 0 Å². The molecule has 5 heteroatoms. The monoisotopic (exact) mass is 211 g/mol. The molecule has 0 fully saturated rings. The van der Waals surface area contributed by atoms with Crippen molar-refractivity contribution in [2.45, 2.75) is 26.8 Å². The molecule has 0 aliphatic rings. The molecule has 0 saturated carbocycles. The van der Waals surface area contributed by atoms with Crippen molar-refractivity contribution < 1.29 is 9.84 Å². The first-order valence-corrected chi connectivity index (χ1v) is 4.85. The first kappa shape index (κ1) is 11.7. The summed E-state index contributed by atoms with van der Waals surface area (Å²) in [7, 11) is 1.58. The van der Waals surface area contributed by atoms with Gasteiger partial charge in [0, 0.05) is 6.04 Å². The van der Waals surface area contributed by atoms with Crippen molar-refractivity contribution in [3.05, 3.63) is 11.4 Å². The summed E-state index contributed by atoms with van der Waals surface area (Å²) >= 11 is 0. The van der Waals surface area contributed by atoms with Gasteiger partial charge in [0.25, 0.3) is 0 Å². The van der Waals surface area contributed by atoms with Crippen LogP contribution in [0.4, 0.5) is 5.82 Å². The van der Waals surface area contributed by atoms with Crippen molar-refractivity contribution in [1.29, 1.82) is 0 Å². The van der Waals surface area contributed by atoms with Gasteiger partial charge < -0.3 is 15.2 Å². The largest absolute Gasteiger partial charge is 0.481 e. The second kappa shape index (κ2) is 4.93. The van der Waals surface area contributed by atoms with Crippen molar-refractivity contribution in [3.8, 4) is 5.88 Å². The number of nitrogens with one attached hydrogen (secondary N) is 1. The predicted molar refractivity (Wildman–Crippen MR) is 58.2 cm³/mol. The van der Waals surface area contributed by atoms with Gasteiger partial charge in [-0.15, -0.1) is 0 Å². The lowest BCUT2D eigenvalue weighted by molar-refractivity contribution is 0.281. The average molecular weight is 211 g/mol. The van der Waals surface area contributed by atoms with Crippen LogP contribution in [-0.2, 0) is 0 Å². The number of aromatic nitrogens is 2. The summed E-state index contributed by atoms with van der Waals surface area (Å²) in [4.78, 5) is 8.41. The maximum Gasteiger partial charge on any atom is 0.221 e. The number of aliphatic hydroxyl groups is 1. The Hall–Kier alpha value is -1.36. The molecule has 0 radical (unpaired) electrons. The van der Waals surface area contributed by atoms with Crippen LogP contribution in [0.25, 0.3) is 0 Å². The van der Waals surface area contributed by atoms with E-state index >= 15 is 0 Å². The number of ether oxygens (including phenoxy) is 1. The second-order valence-corrected chi connectivity index (χ2v) is 3.48. The van der Waals surface area contributed by atoms with Gasteiger partial charge in [0.2, 0.25) is 5.88 Å².